The van der Waals surface area contributed by atoms with E-state index in [4.69, 9.17) is 0 Å². The summed E-state index contributed by atoms with van der Waals surface area (Å²) in [5, 5.41) is 21.0. The number of carbonyl (C=O) groups is 2. The molecule has 2 fully saturated rings. The molecule has 0 unspecified atom stereocenters. The van der Waals surface area contributed by atoms with Crippen molar-refractivity contribution in [1.29, 1.82) is 0 Å². The van der Waals surface area contributed by atoms with E-state index in [1.165, 1.54) is 17.4 Å². The minimum absolute atomic E-state index is 0.0983. The number of hydrogen-bond acceptors (Lipinski definition) is 7. The van der Waals surface area contributed by atoms with Crippen molar-refractivity contribution in [3.05, 3.63) is 71.0 Å². The van der Waals surface area contributed by atoms with Crippen LogP contribution in [-0.2, 0) is 16.6 Å². The lowest BCUT2D eigenvalue weighted by Crippen LogP contribution is -2.58. The molecule has 2 aliphatic rings. The van der Waals surface area contributed by atoms with Gasteiger partial charge in [0.25, 0.3) is 5.91 Å². The predicted octanol–water partition coefficient (Wildman–Crippen LogP) is 3.88. The predicted molar refractivity (Wildman–Crippen MR) is 143 cm³/mol. The largest absolute Gasteiger partial charge is 0.416 e. The maximum Gasteiger partial charge on any atom is 0.416 e. The molecule has 12 heteroatoms. The van der Waals surface area contributed by atoms with Crippen molar-refractivity contribution >= 4 is 23.2 Å². The molecule has 8 nitrogen and oxygen atoms in total. The number of hydrogen-bond donors (Lipinski definition) is 4. The number of benzene rings is 1. The van der Waals surface area contributed by atoms with Gasteiger partial charge < -0.3 is 21.1 Å². The number of alkyl halides is 3. The molecule has 1 aromatic carbocycles. The van der Waals surface area contributed by atoms with Crippen LogP contribution in [0.15, 0.2) is 54.9 Å². The number of aliphatic hydroxyl groups is 1. The van der Waals surface area contributed by atoms with E-state index < -0.39 is 34.7 Å². The number of amides is 2. The highest BCUT2D eigenvalue weighted by atomic mass is 32.1. The Morgan fingerprint density at radius 1 is 1.10 bits per heavy atom. The highest BCUT2D eigenvalue weighted by molar-refractivity contribution is 7.15. The van der Waals surface area contributed by atoms with Crippen LogP contribution in [0.3, 0.4) is 0 Å². The minimum atomic E-state index is -4.57. The molecule has 212 valence electrons. The van der Waals surface area contributed by atoms with Gasteiger partial charge in [-0.15, -0.1) is 11.3 Å². The van der Waals surface area contributed by atoms with E-state index in [-0.39, 0.29) is 18.0 Å². The Kier molecular flexibility index (Phi) is 7.94. The number of nitrogens with one attached hydrogen (secondary N) is 3. The maximum absolute atomic E-state index is 13.0. The molecule has 1 saturated heterocycles. The Labute approximate surface area is 233 Å². The lowest BCUT2D eigenvalue weighted by molar-refractivity contribution is -0.137. The molecule has 3 heterocycles. The van der Waals surface area contributed by atoms with Gasteiger partial charge in [0, 0.05) is 24.5 Å². The van der Waals surface area contributed by atoms with E-state index in [9.17, 15) is 27.9 Å². The van der Waals surface area contributed by atoms with Crippen molar-refractivity contribution in [2.75, 3.05) is 19.6 Å². The third kappa shape index (κ3) is 6.03. The molecular formula is C28H30F3N5O3S. The van der Waals surface area contributed by atoms with Crippen molar-refractivity contribution in [3.8, 4) is 10.6 Å². The fraction of sp³-hybridized carbons (Fsp3) is 0.429. The quantitative estimate of drug-likeness (QED) is 0.341. The smallest absolute Gasteiger partial charge is 0.383 e. The summed E-state index contributed by atoms with van der Waals surface area (Å²) in [5.41, 5.74) is -1.88. The minimum Gasteiger partial charge on any atom is -0.383 e. The van der Waals surface area contributed by atoms with E-state index in [0.29, 0.717) is 43.7 Å². The summed E-state index contributed by atoms with van der Waals surface area (Å²) in [4.78, 5) is 35.1. The Balaban J connectivity index is 1.19. The number of halogens is 3. The van der Waals surface area contributed by atoms with Crippen LogP contribution in [0.1, 0.15) is 53.0 Å². The average Bonchev–Trinajstić information content (AvgIpc) is 3.64. The summed E-state index contributed by atoms with van der Waals surface area (Å²) in [6, 6.07) is 9.74. The molecule has 3 aromatic rings. The van der Waals surface area contributed by atoms with E-state index in [1.54, 1.807) is 12.4 Å². The SMILES string of the molecule is O=C(CNC(=O)c1cccc(C(F)(F)F)c1)N[C@@]1(C2CCC(O)(c3ncc(-c4ccccn4)s3)CC2)CCNC1. The first-order valence-corrected chi connectivity index (χ1v) is 14.0. The van der Waals surface area contributed by atoms with Crippen molar-refractivity contribution in [2.24, 2.45) is 5.92 Å². The first kappa shape index (κ1) is 28.2. The number of thiazole rings is 1. The van der Waals surface area contributed by atoms with Crippen LogP contribution < -0.4 is 16.0 Å². The monoisotopic (exact) mass is 573 g/mol. The lowest BCUT2D eigenvalue weighted by atomic mass is 9.69. The first-order chi connectivity index (χ1) is 19.1. The van der Waals surface area contributed by atoms with Crippen LogP contribution in [0.25, 0.3) is 10.6 Å². The molecular weight excluding hydrogens is 543 g/mol. The van der Waals surface area contributed by atoms with Crippen LogP contribution >= 0.6 is 11.3 Å². The second kappa shape index (κ2) is 11.3. The zero-order valence-electron chi connectivity index (χ0n) is 21.6. The van der Waals surface area contributed by atoms with Gasteiger partial charge in [-0.25, -0.2) is 4.98 Å². The molecule has 5 rings (SSSR count). The van der Waals surface area contributed by atoms with Crippen molar-refractivity contribution < 1.29 is 27.9 Å². The van der Waals surface area contributed by atoms with Gasteiger partial charge in [0.1, 0.15) is 10.6 Å². The number of carbonyl (C=O) groups excluding carboxylic acids is 2. The van der Waals surface area contributed by atoms with E-state index in [0.717, 1.165) is 35.3 Å². The van der Waals surface area contributed by atoms with Crippen molar-refractivity contribution in [3.63, 3.8) is 0 Å². The zero-order valence-corrected chi connectivity index (χ0v) is 22.4. The maximum atomic E-state index is 13.0. The van der Waals surface area contributed by atoms with Gasteiger partial charge in [0.05, 0.1) is 28.2 Å². The van der Waals surface area contributed by atoms with Gasteiger partial charge in [0.15, 0.2) is 0 Å². The second-order valence-corrected chi connectivity index (χ2v) is 11.5. The molecule has 1 aliphatic carbocycles. The number of nitrogens with zero attached hydrogens (tertiary/aromatic N) is 2. The van der Waals surface area contributed by atoms with Gasteiger partial charge in [-0.05, 0) is 74.9 Å². The fourth-order valence-electron chi connectivity index (χ4n) is 5.67. The topological polar surface area (TPSA) is 116 Å². The van der Waals surface area contributed by atoms with Gasteiger partial charge in [-0.1, -0.05) is 12.1 Å². The summed E-state index contributed by atoms with van der Waals surface area (Å²) >= 11 is 1.44. The molecule has 0 spiro atoms. The molecule has 1 atom stereocenters. The molecule has 4 N–H and O–H groups in total. The lowest BCUT2D eigenvalue weighted by Gasteiger charge is -2.44. The van der Waals surface area contributed by atoms with Crippen molar-refractivity contribution in [1.82, 2.24) is 25.9 Å². The number of aromatic nitrogens is 2. The summed E-state index contributed by atoms with van der Waals surface area (Å²) in [7, 11) is 0. The van der Waals surface area contributed by atoms with Gasteiger partial charge in [-0.3, -0.25) is 14.6 Å². The number of pyridine rings is 1. The average molecular weight is 574 g/mol. The molecule has 40 heavy (non-hydrogen) atoms. The molecule has 2 aromatic heterocycles. The van der Waals surface area contributed by atoms with Crippen LogP contribution in [0.4, 0.5) is 13.2 Å². The third-order valence-corrected chi connectivity index (χ3v) is 9.07. The second-order valence-electron chi connectivity index (χ2n) is 10.4. The van der Waals surface area contributed by atoms with E-state index in [2.05, 4.69) is 25.9 Å². The van der Waals surface area contributed by atoms with Gasteiger partial charge in [-0.2, -0.15) is 13.2 Å². The highest BCUT2D eigenvalue weighted by Gasteiger charge is 2.47. The zero-order chi connectivity index (χ0) is 28.4. The van der Waals surface area contributed by atoms with Crippen LogP contribution in [0, 0.1) is 5.92 Å². The Morgan fingerprint density at radius 2 is 1.90 bits per heavy atom. The summed E-state index contributed by atoms with van der Waals surface area (Å²) in [6.45, 7) is 0.922. The molecule has 0 bridgehead atoms. The summed E-state index contributed by atoms with van der Waals surface area (Å²) < 4.78 is 39.0. The number of rotatable bonds is 7. The van der Waals surface area contributed by atoms with E-state index in [1.807, 2.05) is 18.2 Å². The van der Waals surface area contributed by atoms with Gasteiger partial charge in [0.2, 0.25) is 5.91 Å². The first-order valence-electron chi connectivity index (χ1n) is 13.2. The Bertz CT molecular complexity index is 1350. The van der Waals surface area contributed by atoms with Crippen molar-refractivity contribution in [2.45, 2.75) is 49.4 Å². The molecule has 0 radical (unpaired) electrons. The summed E-state index contributed by atoms with van der Waals surface area (Å²) in [5.74, 6) is -1.07. The molecule has 2 amide bonds. The van der Waals surface area contributed by atoms with Crippen LogP contribution in [-0.4, -0.2) is 52.1 Å². The Morgan fingerprint density at radius 3 is 2.58 bits per heavy atom. The third-order valence-electron chi connectivity index (χ3n) is 7.85. The summed E-state index contributed by atoms with van der Waals surface area (Å²) in [6.07, 6.45) is 1.93. The van der Waals surface area contributed by atoms with Crippen LogP contribution in [0.5, 0.6) is 0 Å². The highest BCUT2D eigenvalue weighted by Crippen LogP contribution is 2.46. The normalized spacial score (nSPS) is 24.9. The van der Waals surface area contributed by atoms with E-state index >= 15 is 0 Å². The fourth-order valence-corrected chi connectivity index (χ4v) is 6.71. The standard InChI is InChI=1S/C28H30F3N5O3S/c29-28(30,31)20-5-3-4-18(14-20)24(38)34-16-23(37)36-26(11-13-32-17-26)19-7-9-27(39,10-8-19)25-35-15-22(40-25)21-6-1-2-12-33-21/h1-6,12,14-15,19,32,39H,7-11,13,16-17H2,(H,34,38)(H,36,37)/t19?,26-,27?/m0/s1. The molecule has 1 aliphatic heterocycles. The Hall–Kier alpha value is -3.35. The van der Waals surface area contributed by atoms with Gasteiger partial charge >= 0.3 is 6.18 Å². The molecule has 1 saturated carbocycles. The van der Waals surface area contributed by atoms with Crippen LogP contribution in [0.2, 0.25) is 0 Å².